The fraction of sp³-hybridized carbons (Fsp3) is 1.00. The van der Waals surface area contributed by atoms with Gasteiger partial charge >= 0.3 is 0 Å². The first-order chi connectivity index (χ1) is 10.8. The molecular weight excluding hydrogens is 312 g/mol. The SMILES string of the molecule is CCC1OC(C)C(O)C(O)C1OC1OC(CO)C(O)C(O)C1O. The Bertz CT molecular complexity index is 377. The van der Waals surface area contributed by atoms with Gasteiger partial charge in [0.1, 0.15) is 42.7 Å². The number of aliphatic hydroxyl groups is 6. The molecule has 0 radical (unpaired) electrons. The number of ether oxygens (including phenoxy) is 3. The lowest BCUT2D eigenvalue weighted by molar-refractivity contribution is -0.339. The molecule has 2 rings (SSSR count). The van der Waals surface area contributed by atoms with E-state index in [1.54, 1.807) is 6.92 Å². The third kappa shape index (κ3) is 3.68. The first kappa shape index (κ1) is 19.0. The third-order valence-electron chi connectivity index (χ3n) is 4.47. The molecule has 0 saturated carbocycles. The van der Waals surface area contributed by atoms with Crippen LogP contribution in [-0.2, 0) is 14.2 Å². The van der Waals surface area contributed by atoms with Crippen molar-refractivity contribution in [3.63, 3.8) is 0 Å². The van der Waals surface area contributed by atoms with Crippen LogP contribution in [0, 0.1) is 0 Å². The molecule has 9 nitrogen and oxygen atoms in total. The van der Waals surface area contributed by atoms with Crippen LogP contribution in [0.15, 0.2) is 0 Å². The molecule has 9 heteroatoms. The van der Waals surface area contributed by atoms with Gasteiger partial charge in [-0.25, -0.2) is 0 Å². The van der Waals surface area contributed by atoms with Gasteiger partial charge in [-0.1, -0.05) is 6.92 Å². The highest BCUT2D eigenvalue weighted by Gasteiger charge is 2.49. The Morgan fingerprint density at radius 2 is 1.48 bits per heavy atom. The molecule has 0 spiro atoms. The Hall–Kier alpha value is -0.360. The predicted molar refractivity (Wildman–Crippen MR) is 75.3 cm³/mol. The van der Waals surface area contributed by atoms with Crippen LogP contribution < -0.4 is 0 Å². The average molecular weight is 338 g/mol. The molecule has 0 aromatic rings. The van der Waals surface area contributed by atoms with Gasteiger partial charge in [0.25, 0.3) is 0 Å². The molecule has 136 valence electrons. The van der Waals surface area contributed by atoms with Gasteiger partial charge in [-0.15, -0.1) is 0 Å². The van der Waals surface area contributed by atoms with Crippen LogP contribution in [0.1, 0.15) is 20.3 Å². The number of rotatable bonds is 4. The summed E-state index contributed by atoms with van der Waals surface area (Å²) in [7, 11) is 0. The van der Waals surface area contributed by atoms with Crippen LogP contribution in [0.5, 0.6) is 0 Å². The van der Waals surface area contributed by atoms with E-state index in [4.69, 9.17) is 19.3 Å². The largest absolute Gasteiger partial charge is 0.394 e. The molecule has 10 atom stereocenters. The van der Waals surface area contributed by atoms with E-state index in [0.29, 0.717) is 6.42 Å². The van der Waals surface area contributed by atoms with Gasteiger partial charge in [0, 0.05) is 0 Å². The molecule has 0 aliphatic carbocycles. The second-order valence-corrected chi connectivity index (χ2v) is 6.07. The van der Waals surface area contributed by atoms with Gasteiger partial charge in [0.2, 0.25) is 0 Å². The molecular formula is C14H26O9. The zero-order valence-electron chi connectivity index (χ0n) is 13.1. The molecule has 2 aliphatic heterocycles. The predicted octanol–water partition coefficient (Wildman–Crippen LogP) is -2.91. The zero-order valence-corrected chi connectivity index (χ0v) is 13.1. The topological polar surface area (TPSA) is 149 Å². The summed E-state index contributed by atoms with van der Waals surface area (Å²) in [6.07, 6.45) is -11.2. The molecule has 2 heterocycles. The summed E-state index contributed by atoms with van der Waals surface area (Å²) in [4.78, 5) is 0. The van der Waals surface area contributed by atoms with E-state index < -0.39 is 67.8 Å². The minimum absolute atomic E-state index is 0.482. The van der Waals surface area contributed by atoms with Crippen LogP contribution in [0.3, 0.4) is 0 Å². The first-order valence-corrected chi connectivity index (χ1v) is 7.79. The lowest BCUT2D eigenvalue weighted by atomic mass is 9.93. The van der Waals surface area contributed by atoms with Gasteiger partial charge in [0.05, 0.1) is 18.8 Å². The quantitative estimate of drug-likeness (QED) is 0.317. The number of hydrogen-bond acceptors (Lipinski definition) is 9. The summed E-state index contributed by atoms with van der Waals surface area (Å²) in [5.74, 6) is 0. The highest BCUT2D eigenvalue weighted by atomic mass is 16.7. The van der Waals surface area contributed by atoms with Crippen molar-refractivity contribution >= 4 is 0 Å². The molecule has 2 saturated heterocycles. The fourth-order valence-corrected chi connectivity index (χ4v) is 2.96. The lowest BCUT2D eigenvalue weighted by Gasteiger charge is -2.46. The Balaban J connectivity index is 2.11. The smallest absolute Gasteiger partial charge is 0.187 e. The van der Waals surface area contributed by atoms with Crippen molar-refractivity contribution in [2.75, 3.05) is 6.61 Å². The van der Waals surface area contributed by atoms with Crippen LogP contribution >= 0.6 is 0 Å². The summed E-state index contributed by atoms with van der Waals surface area (Å²) in [6.45, 7) is 2.86. The Kier molecular flexibility index (Phi) is 6.34. The summed E-state index contributed by atoms with van der Waals surface area (Å²) in [6, 6.07) is 0. The van der Waals surface area contributed by atoms with Gasteiger partial charge in [-0.2, -0.15) is 0 Å². The van der Waals surface area contributed by atoms with Gasteiger partial charge in [-0.05, 0) is 13.3 Å². The van der Waals surface area contributed by atoms with E-state index >= 15 is 0 Å². The zero-order chi connectivity index (χ0) is 17.3. The molecule has 6 N–H and O–H groups in total. The van der Waals surface area contributed by atoms with Gasteiger partial charge in [-0.3, -0.25) is 0 Å². The van der Waals surface area contributed by atoms with E-state index in [1.165, 1.54) is 0 Å². The summed E-state index contributed by atoms with van der Waals surface area (Å²) in [5, 5.41) is 58.8. The minimum atomic E-state index is -1.58. The first-order valence-electron chi connectivity index (χ1n) is 7.79. The Morgan fingerprint density at radius 3 is 2.04 bits per heavy atom. The van der Waals surface area contributed by atoms with Crippen LogP contribution in [0.2, 0.25) is 0 Å². The highest BCUT2D eigenvalue weighted by Crippen LogP contribution is 2.29. The number of hydrogen-bond donors (Lipinski definition) is 6. The maximum Gasteiger partial charge on any atom is 0.187 e. The van der Waals surface area contributed by atoms with E-state index in [-0.39, 0.29) is 0 Å². The van der Waals surface area contributed by atoms with E-state index in [9.17, 15) is 25.5 Å². The molecule has 23 heavy (non-hydrogen) atoms. The monoisotopic (exact) mass is 338 g/mol. The molecule has 0 amide bonds. The molecule has 0 aromatic carbocycles. The van der Waals surface area contributed by atoms with E-state index in [1.807, 2.05) is 6.92 Å². The van der Waals surface area contributed by atoms with Crippen molar-refractivity contribution in [3.8, 4) is 0 Å². The van der Waals surface area contributed by atoms with Crippen molar-refractivity contribution in [2.45, 2.75) is 81.5 Å². The second-order valence-electron chi connectivity index (χ2n) is 6.07. The molecule has 2 aliphatic rings. The van der Waals surface area contributed by atoms with Crippen molar-refractivity contribution in [1.29, 1.82) is 0 Å². The number of aliphatic hydroxyl groups excluding tert-OH is 6. The highest BCUT2D eigenvalue weighted by molar-refractivity contribution is 4.94. The van der Waals surface area contributed by atoms with Crippen molar-refractivity contribution in [1.82, 2.24) is 0 Å². The van der Waals surface area contributed by atoms with E-state index in [2.05, 4.69) is 0 Å². The fourth-order valence-electron chi connectivity index (χ4n) is 2.96. The third-order valence-corrected chi connectivity index (χ3v) is 4.47. The van der Waals surface area contributed by atoms with Crippen molar-refractivity contribution in [3.05, 3.63) is 0 Å². The molecule has 0 bridgehead atoms. The molecule has 2 fully saturated rings. The van der Waals surface area contributed by atoms with Crippen LogP contribution in [0.4, 0.5) is 0 Å². The minimum Gasteiger partial charge on any atom is -0.394 e. The lowest BCUT2D eigenvalue weighted by Crippen LogP contribution is -2.63. The molecule has 0 aromatic heterocycles. The van der Waals surface area contributed by atoms with Crippen LogP contribution in [0.25, 0.3) is 0 Å². The Labute approximate surface area is 134 Å². The normalized spacial score (nSPS) is 51.7. The standard InChI is InChI=1S/C14H26O9/c1-3-6-13(11(19)8(16)5(2)21-6)23-14-12(20)10(18)9(17)7(4-15)22-14/h5-20H,3-4H2,1-2H3. The summed E-state index contributed by atoms with van der Waals surface area (Å²) < 4.78 is 16.4. The van der Waals surface area contributed by atoms with Crippen molar-refractivity contribution in [2.24, 2.45) is 0 Å². The second kappa shape index (κ2) is 7.68. The van der Waals surface area contributed by atoms with Crippen molar-refractivity contribution < 1.29 is 44.8 Å². The molecule has 10 unspecified atom stereocenters. The van der Waals surface area contributed by atoms with Gasteiger partial charge in [0.15, 0.2) is 6.29 Å². The Morgan fingerprint density at radius 1 is 0.826 bits per heavy atom. The van der Waals surface area contributed by atoms with Crippen LogP contribution in [-0.4, -0.2) is 98.5 Å². The van der Waals surface area contributed by atoms with Gasteiger partial charge < -0.3 is 44.8 Å². The maximum absolute atomic E-state index is 10.2. The summed E-state index contributed by atoms with van der Waals surface area (Å²) >= 11 is 0. The van der Waals surface area contributed by atoms with E-state index in [0.717, 1.165) is 0 Å². The summed E-state index contributed by atoms with van der Waals surface area (Å²) in [5.41, 5.74) is 0. The average Bonchev–Trinajstić information content (AvgIpc) is 2.55. The maximum atomic E-state index is 10.2.